The molecule has 1 saturated carbocycles. The monoisotopic (exact) mass is 366 g/mol. The molecule has 2 atom stereocenters. The van der Waals surface area contributed by atoms with E-state index in [9.17, 15) is 5.26 Å². The van der Waals surface area contributed by atoms with Gasteiger partial charge in [-0.25, -0.2) is 9.97 Å². The Balaban J connectivity index is 1.70. The summed E-state index contributed by atoms with van der Waals surface area (Å²) in [6.45, 7) is 0. The van der Waals surface area contributed by atoms with Crippen molar-refractivity contribution in [2.24, 2.45) is 5.73 Å². The maximum absolute atomic E-state index is 9.43. The lowest BCUT2D eigenvalue weighted by atomic mass is 9.91. The van der Waals surface area contributed by atoms with Gasteiger partial charge in [-0.05, 0) is 37.1 Å². The van der Waals surface area contributed by atoms with Crippen molar-refractivity contribution in [2.45, 2.75) is 37.8 Å². The van der Waals surface area contributed by atoms with E-state index in [0.29, 0.717) is 16.5 Å². The molecule has 1 aliphatic carbocycles. The van der Waals surface area contributed by atoms with Gasteiger partial charge in [0.2, 0.25) is 0 Å². The Bertz CT molecular complexity index is 989. The summed E-state index contributed by atoms with van der Waals surface area (Å²) in [6.07, 6.45) is 5.95. The third kappa shape index (κ3) is 3.24. The first-order valence-corrected chi connectivity index (χ1v) is 9.10. The number of nitrogens with one attached hydrogen (secondary N) is 2. The summed E-state index contributed by atoms with van der Waals surface area (Å²) in [7, 11) is 0. The Morgan fingerprint density at radius 2 is 2.12 bits per heavy atom. The second-order valence-electron chi connectivity index (χ2n) is 6.68. The minimum absolute atomic E-state index is 0.111. The Morgan fingerprint density at radius 1 is 1.27 bits per heavy atom. The van der Waals surface area contributed by atoms with Crippen molar-refractivity contribution in [3.05, 3.63) is 41.2 Å². The van der Waals surface area contributed by atoms with E-state index >= 15 is 0 Å². The molecule has 0 radical (unpaired) electrons. The topological polar surface area (TPSA) is 103 Å². The molecule has 7 heteroatoms. The van der Waals surface area contributed by atoms with Crippen LogP contribution in [0.4, 0.5) is 5.82 Å². The molecule has 26 heavy (non-hydrogen) atoms. The predicted molar refractivity (Wildman–Crippen MR) is 103 cm³/mol. The molecule has 2 heterocycles. The smallest absolute Gasteiger partial charge is 0.168 e. The molecule has 4 N–H and O–H groups in total. The minimum Gasteiger partial charge on any atom is -0.364 e. The minimum atomic E-state index is 0.111. The van der Waals surface area contributed by atoms with Crippen LogP contribution in [0.2, 0.25) is 5.02 Å². The van der Waals surface area contributed by atoms with Gasteiger partial charge in [-0.1, -0.05) is 24.4 Å². The first-order valence-electron chi connectivity index (χ1n) is 8.72. The number of anilines is 1. The molecular weight excluding hydrogens is 348 g/mol. The molecule has 0 saturated heterocycles. The number of rotatable bonds is 3. The van der Waals surface area contributed by atoms with Crippen LogP contribution in [0.25, 0.3) is 22.3 Å². The predicted octanol–water partition coefficient (Wildman–Crippen LogP) is 3.83. The first kappa shape index (κ1) is 16.8. The van der Waals surface area contributed by atoms with Gasteiger partial charge in [-0.2, -0.15) is 5.26 Å². The molecule has 2 aromatic heterocycles. The summed E-state index contributed by atoms with van der Waals surface area (Å²) in [5.74, 6) is 0.637. The normalized spacial score (nSPS) is 20.0. The van der Waals surface area contributed by atoms with Crippen LogP contribution >= 0.6 is 11.6 Å². The number of nitriles is 1. The third-order valence-electron chi connectivity index (χ3n) is 4.87. The zero-order valence-electron chi connectivity index (χ0n) is 14.2. The second kappa shape index (κ2) is 6.94. The van der Waals surface area contributed by atoms with E-state index in [1.807, 2.05) is 24.3 Å². The van der Waals surface area contributed by atoms with Crippen LogP contribution in [0.15, 0.2) is 30.5 Å². The van der Waals surface area contributed by atoms with Gasteiger partial charge in [0.05, 0.1) is 11.9 Å². The van der Waals surface area contributed by atoms with E-state index in [-0.39, 0.29) is 17.8 Å². The Hall–Kier alpha value is -2.62. The van der Waals surface area contributed by atoms with E-state index in [2.05, 4.69) is 26.3 Å². The van der Waals surface area contributed by atoms with Crippen molar-refractivity contribution in [1.82, 2.24) is 15.0 Å². The molecule has 4 rings (SSSR count). The lowest BCUT2D eigenvalue weighted by molar-refractivity contribution is 0.403. The van der Waals surface area contributed by atoms with Crippen LogP contribution in [0.3, 0.4) is 0 Å². The average Bonchev–Trinajstić information content (AvgIpc) is 3.06. The summed E-state index contributed by atoms with van der Waals surface area (Å²) in [5, 5.41) is 14.4. The van der Waals surface area contributed by atoms with Gasteiger partial charge in [0.25, 0.3) is 0 Å². The molecule has 0 spiro atoms. The van der Waals surface area contributed by atoms with Crippen molar-refractivity contribution in [2.75, 3.05) is 5.32 Å². The molecule has 0 aliphatic heterocycles. The summed E-state index contributed by atoms with van der Waals surface area (Å²) in [5.41, 5.74) is 8.69. The SMILES string of the molecule is N#Cc1ncc(N[C@@H]2CCCC[C@@H]2N)nc1-c1cc2cc(Cl)ccc2[nH]1. The number of H-pyrrole nitrogens is 1. The molecular formula is C19H19ClN6. The quantitative estimate of drug-likeness (QED) is 0.653. The van der Waals surface area contributed by atoms with Crippen LogP contribution in [0, 0.1) is 11.3 Å². The number of halogens is 1. The Labute approximate surface area is 156 Å². The molecule has 6 nitrogen and oxygen atoms in total. The summed E-state index contributed by atoms with van der Waals surface area (Å²) >= 11 is 6.06. The fraction of sp³-hybridized carbons (Fsp3) is 0.316. The zero-order valence-corrected chi connectivity index (χ0v) is 14.9. The van der Waals surface area contributed by atoms with Crippen molar-refractivity contribution in [1.29, 1.82) is 5.26 Å². The van der Waals surface area contributed by atoms with Crippen LogP contribution in [-0.4, -0.2) is 27.0 Å². The molecule has 132 valence electrons. The lowest BCUT2D eigenvalue weighted by Crippen LogP contribution is -2.42. The van der Waals surface area contributed by atoms with Gasteiger partial charge in [0.1, 0.15) is 17.6 Å². The number of hydrogen-bond acceptors (Lipinski definition) is 5. The number of aromatic nitrogens is 3. The molecule has 0 amide bonds. The first-order chi connectivity index (χ1) is 12.6. The van der Waals surface area contributed by atoms with E-state index < -0.39 is 0 Å². The van der Waals surface area contributed by atoms with Crippen molar-refractivity contribution in [3.63, 3.8) is 0 Å². The molecule has 1 aliphatic rings. The lowest BCUT2D eigenvalue weighted by Gasteiger charge is -2.29. The molecule has 3 aromatic rings. The number of hydrogen-bond donors (Lipinski definition) is 3. The average molecular weight is 367 g/mol. The van der Waals surface area contributed by atoms with Crippen LogP contribution in [-0.2, 0) is 0 Å². The standard InChI is InChI=1S/C19H19ClN6/c20-12-5-6-14-11(7-12)8-16(24-14)19-17(9-21)23-10-18(26-19)25-15-4-2-1-3-13(15)22/h5-8,10,13,15,24H,1-4,22H2,(H,25,26)/t13-,15+/m0/s1. The van der Waals surface area contributed by atoms with Gasteiger partial charge >= 0.3 is 0 Å². The van der Waals surface area contributed by atoms with Crippen molar-refractivity contribution >= 4 is 28.3 Å². The fourth-order valence-corrected chi connectivity index (χ4v) is 3.67. The zero-order chi connectivity index (χ0) is 18.1. The highest BCUT2D eigenvalue weighted by atomic mass is 35.5. The largest absolute Gasteiger partial charge is 0.364 e. The number of fused-ring (bicyclic) bond motifs is 1. The maximum Gasteiger partial charge on any atom is 0.168 e. The van der Waals surface area contributed by atoms with Crippen LogP contribution in [0.5, 0.6) is 0 Å². The Morgan fingerprint density at radius 3 is 2.92 bits per heavy atom. The molecule has 1 aromatic carbocycles. The van der Waals surface area contributed by atoms with E-state index in [1.165, 1.54) is 6.42 Å². The number of aromatic amines is 1. The van der Waals surface area contributed by atoms with Gasteiger partial charge in [-0.15, -0.1) is 0 Å². The van der Waals surface area contributed by atoms with Gasteiger partial charge in [0.15, 0.2) is 5.69 Å². The number of nitrogens with zero attached hydrogens (tertiary/aromatic N) is 3. The summed E-state index contributed by atoms with van der Waals surface area (Å²) < 4.78 is 0. The maximum atomic E-state index is 9.43. The number of benzene rings is 1. The highest BCUT2D eigenvalue weighted by Gasteiger charge is 2.22. The van der Waals surface area contributed by atoms with E-state index in [1.54, 1.807) is 6.20 Å². The third-order valence-corrected chi connectivity index (χ3v) is 5.10. The molecule has 1 fully saturated rings. The van der Waals surface area contributed by atoms with Crippen molar-refractivity contribution < 1.29 is 0 Å². The molecule has 0 unspecified atom stereocenters. The summed E-state index contributed by atoms with van der Waals surface area (Å²) in [4.78, 5) is 12.2. The Kier molecular flexibility index (Phi) is 4.49. The summed E-state index contributed by atoms with van der Waals surface area (Å²) in [6, 6.07) is 9.95. The fourth-order valence-electron chi connectivity index (χ4n) is 3.49. The van der Waals surface area contributed by atoms with Crippen LogP contribution in [0.1, 0.15) is 31.4 Å². The van der Waals surface area contributed by atoms with Gasteiger partial charge in [0, 0.05) is 28.0 Å². The molecule has 0 bridgehead atoms. The van der Waals surface area contributed by atoms with Crippen LogP contribution < -0.4 is 11.1 Å². The number of nitrogens with two attached hydrogens (primary N) is 1. The van der Waals surface area contributed by atoms with Crippen molar-refractivity contribution in [3.8, 4) is 17.5 Å². The van der Waals surface area contributed by atoms with E-state index in [0.717, 1.165) is 35.9 Å². The van der Waals surface area contributed by atoms with E-state index in [4.69, 9.17) is 17.3 Å². The highest BCUT2D eigenvalue weighted by molar-refractivity contribution is 6.31. The van der Waals surface area contributed by atoms with Gasteiger partial charge < -0.3 is 16.0 Å². The second-order valence-corrected chi connectivity index (χ2v) is 7.11. The van der Waals surface area contributed by atoms with Gasteiger partial charge in [-0.3, -0.25) is 0 Å². The highest BCUT2D eigenvalue weighted by Crippen LogP contribution is 2.28.